The van der Waals surface area contributed by atoms with Crippen LogP contribution >= 0.6 is 0 Å². The zero-order valence-electron chi connectivity index (χ0n) is 20.4. The Hall–Kier alpha value is -4.80. The number of ketones is 1. The van der Waals surface area contributed by atoms with E-state index < -0.39 is 0 Å². The van der Waals surface area contributed by atoms with Gasteiger partial charge in [-0.15, -0.1) is 0 Å². The quantitative estimate of drug-likeness (QED) is 0.377. The first-order chi connectivity index (χ1) is 18.0. The number of Topliss-reactive ketones (excluding diaryl/α,β-unsaturated/α-hetero) is 1. The third-order valence-electron chi connectivity index (χ3n) is 6.95. The van der Waals surface area contributed by atoms with Crippen molar-refractivity contribution in [3.05, 3.63) is 135 Å². The number of rotatable bonds is 5. The fourth-order valence-corrected chi connectivity index (χ4v) is 4.98. The van der Waals surface area contributed by atoms with E-state index in [2.05, 4.69) is 25.1 Å². The number of carbonyl (C=O) groups is 1. The van der Waals surface area contributed by atoms with Gasteiger partial charge in [-0.25, -0.2) is 4.39 Å². The third kappa shape index (κ3) is 4.46. The van der Waals surface area contributed by atoms with E-state index in [9.17, 15) is 19.7 Å². The van der Waals surface area contributed by atoms with Crippen molar-refractivity contribution in [2.45, 2.75) is 26.2 Å². The molecule has 0 spiro atoms. The van der Waals surface area contributed by atoms with Gasteiger partial charge in [0.2, 0.25) is 0 Å². The SMILES string of the molecule is CCC1=CC=C(C2=C(c3ccc(C#N)cc3)C(c3ccc(C#N)cc3)=C(c3ccc(F)cc3)C2=O)CC1. The molecule has 0 amide bonds. The van der Waals surface area contributed by atoms with Crippen LogP contribution in [0, 0.1) is 28.5 Å². The molecule has 0 N–H and O–H groups in total. The molecular formula is C33H23FN2O. The van der Waals surface area contributed by atoms with Crippen LogP contribution in [0.15, 0.2) is 102 Å². The Bertz CT molecular complexity index is 1600. The van der Waals surface area contributed by atoms with Crippen molar-refractivity contribution in [3.8, 4) is 12.1 Å². The minimum Gasteiger partial charge on any atom is -0.289 e. The van der Waals surface area contributed by atoms with Gasteiger partial charge in [-0.1, -0.05) is 61.0 Å². The van der Waals surface area contributed by atoms with Crippen molar-refractivity contribution in [2.75, 3.05) is 0 Å². The maximum atomic E-state index is 14.3. The number of halogens is 1. The van der Waals surface area contributed by atoms with Gasteiger partial charge in [0.25, 0.3) is 0 Å². The van der Waals surface area contributed by atoms with Crippen molar-refractivity contribution in [1.82, 2.24) is 0 Å². The second-order valence-corrected chi connectivity index (χ2v) is 9.08. The molecule has 0 aliphatic heterocycles. The van der Waals surface area contributed by atoms with Gasteiger partial charge in [-0.05, 0) is 77.9 Å². The highest BCUT2D eigenvalue weighted by molar-refractivity contribution is 6.48. The lowest BCUT2D eigenvalue weighted by Gasteiger charge is -2.17. The lowest BCUT2D eigenvalue weighted by atomic mass is 9.86. The van der Waals surface area contributed by atoms with Crippen LogP contribution in [-0.4, -0.2) is 5.78 Å². The maximum Gasteiger partial charge on any atom is 0.195 e. The molecule has 0 radical (unpaired) electrons. The van der Waals surface area contributed by atoms with Gasteiger partial charge < -0.3 is 0 Å². The Kier molecular flexibility index (Phi) is 6.50. The van der Waals surface area contributed by atoms with Crippen molar-refractivity contribution >= 4 is 22.5 Å². The predicted molar refractivity (Wildman–Crippen MR) is 143 cm³/mol. The number of nitriles is 2. The molecule has 0 heterocycles. The van der Waals surface area contributed by atoms with Gasteiger partial charge in [-0.3, -0.25) is 4.79 Å². The molecule has 0 unspecified atom stereocenters. The normalized spacial score (nSPS) is 15.3. The number of benzene rings is 3. The summed E-state index contributed by atoms with van der Waals surface area (Å²) < 4.78 is 13.8. The Morgan fingerprint density at radius 3 is 1.62 bits per heavy atom. The third-order valence-corrected chi connectivity index (χ3v) is 6.95. The summed E-state index contributed by atoms with van der Waals surface area (Å²) in [4.78, 5) is 14.3. The fourth-order valence-electron chi connectivity index (χ4n) is 4.98. The van der Waals surface area contributed by atoms with Crippen LogP contribution in [-0.2, 0) is 4.79 Å². The van der Waals surface area contributed by atoms with Crippen molar-refractivity contribution < 1.29 is 9.18 Å². The Morgan fingerprint density at radius 1 is 0.676 bits per heavy atom. The van der Waals surface area contributed by atoms with Crippen LogP contribution < -0.4 is 0 Å². The summed E-state index contributed by atoms with van der Waals surface area (Å²) >= 11 is 0. The van der Waals surface area contributed by atoms with Gasteiger partial charge in [0, 0.05) is 22.3 Å². The molecule has 3 nitrogen and oxygen atoms in total. The minimum absolute atomic E-state index is 0.107. The molecule has 0 saturated carbocycles. The largest absolute Gasteiger partial charge is 0.289 e. The van der Waals surface area contributed by atoms with Gasteiger partial charge in [0.1, 0.15) is 5.82 Å². The number of hydrogen-bond acceptors (Lipinski definition) is 3. The molecule has 37 heavy (non-hydrogen) atoms. The molecule has 0 saturated heterocycles. The van der Waals surface area contributed by atoms with Crippen LogP contribution in [0.1, 0.15) is 54.0 Å². The second kappa shape index (κ2) is 10.1. The first-order valence-corrected chi connectivity index (χ1v) is 12.2. The molecule has 3 aromatic rings. The molecule has 2 aliphatic rings. The number of carbonyl (C=O) groups excluding carboxylic acids is 1. The van der Waals surface area contributed by atoms with Crippen LogP contribution in [0.5, 0.6) is 0 Å². The Balaban J connectivity index is 1.82. The summed E-state index contributed by atoms with van der Waals surface area (Å²) in [6, 6.07) is 24.7. The molecule has 5 rings (SSSR count). The average molecular weight is 483 g/mol. The summed E-state index contributed by atoms with van der Waals surface area (Å²) in [7, 11) is 0. The van der Waals surface area contributed by atoms with Gasteiger partial charge in [0.05, 0.1) is 23.3 Å². The van der Waals surface area contributed by atoms with Gasteiger partial charge in [0.15, 0.2) is 5.78 Å². The first-order valence-electron chi connectivity index (χ1n) is 12.2. The summed E-state index contributed by atoms with van der Waals surface area (Å²) in [5.41, 5.74) is 8.28. The minimum atomic E-state index is -0.373. The molecule has 0 fully saturated rings. The molecule has 4 heteroatoms. The monoisotopic (exact) mass is 482 g/mol. The highest BCUT2D eigenvalue weighted by atomic mass is 19.1. The lowest BCUT2D eigenvalue weighted by molar-refractivity contribution is -0.110. The van der Waals surface area contributed by atoms with Gasteiger partial charge in [-0.2, -0.15) is 10.5 Å². The van der Waals surface area contributed by atoms with Crippen LogP contribution in [0.25, 0.3) is 16.7 Å². The van der Waals surface area contributed by atoms with E-state index in [1.54, 1.807) is 36.4 Å². The van der Waals surface area contributed by atoms with E-state index in [4.69, 9.17) is 0 Å². The van der Waals surface area contributed by atoms with Crippen LogP contribution in [0.2, 0.25) is 0 Å². The summed E-state index contributed by atoms with van der Waals surface area (Å²) in [5, 5.41) is 18.7. The highest BCUT2D eigenvalue weighted by Gasteiger charge is 2.36. The van der Waals surface area contributed by atoms with E-state index in [0.29, 0.717) is 27.8 Å². The summed E-state index contributed by atoms with van der Waals surface area (Å²) in [6.07, 6.45) is 6.75. The molecule has 0 bridgehead atoms. The van der Waals surface area contributed by atoms with Crippen molar-refractivity contribution in [3.63, 3.8) is 0 Å². The molecule has 0 atom stereocenters. The Morgan fingerprint density at radius 2 is 1.16 bits per heavy atom. The van der Waals surface area contributed by atoms with E-state index in [1.165, 1.54) is 17.7 Å². The summed E-state index contributed by atoms with van der Waals surface area (Å²) in [5.74, 6) is -0.479. The highest BCUT2D eigenvalue weighted by Crippen LogP contribution is 2.49. The maximum absolute atomic E-state index is 14.3. The molecule has 3 aromatic carbocycles. The topological polar surface area (TPSA) is 64.7 Å². The van der Waals surface area contributed by atoms with E-state index in [0.717, 1.165) is 47.1 Å². The number of allylic oxidation sites excluding steroid dienone is 8. The van der Waals surface area contributed by atoms with Gasteiger partial charge >= 0.3 is 0 Å². The molecule has 2 aliphatic carbocycles. The standard InChI is InChI=1S/C33H23FN2O/c1-2-21-3-9-26(10-4-21)31-29(24-11-5-22(19-35)6-12-24)30(25-13-7-23(20-36)8-14-25)32(33(31)37)27-15-17-28(34)18-16-27/h3,5-9,11-18H,2,4,10H2,1H3. The smallest absolute Gasteiger partial charge is 0.195 e. The number of nitrogens with zero attached hydrogens (tertiary/aromatic N) is 2. The zero-order chi connectivity index (χ0) is 25.9. The second-order valence-electron chi connectivity index (χ2n) is 9.08. The lowest BCUT2D eigenvalue weighted by Crippen LogP contribution is -2.07. The zero-order valence-corrected chi connectivity index (χ0v) is 20.4. The van der Waals surface area contributed by atoms with Crippen LogP contribution in [0.3, 0.4) is 0 Å². The van der Waals surface area contributed by atoms with Crippen LogP contribution in [0.4, 0.5) is 4.39 Å². The average Bonchev–Trinajstić information content (AvgIpc) is 3.26. The van der Waals surface area contributed by atoms with E-state index in [1.807, 2.05) is 30.3 Å². The predicted octanol–water partition coefficient (Wildman–Crippen LogP) is 7.57. The van der Waals surface area contributed by atoms with Crippen molar-refractivity contribution in [2.24, 2.45) is 0 Å². The molecule has 178 valence electrons. The fraction of sp³-hybridized carbons (Fsp3) is 0.121. The number of hydrogen-bond donors (Lipinski definition) is 0. The Labute approximate surface area is 215 Å². The van der Waals surface area contributed by atoms with Crippen molar-refractivity contribution in [1.29, 1.82) is 10.5 Å². The van der Waals surface area contributed by atoms with E-state index in [-0.39, 0.29) is 11.6 Å². The first kappa shape index (κ1) is 23.9. The molecule has 0 aromatic heterocycles. The van der Waals surface area contributed by atoms with E-state index >= 15 is 0 Å². The summed E-state index contributed by atoms with van der Waals surface area (Å²) in [6.45, 7) is 2.13. The molecular weight excluding hydrogens is 459 g/mol.